The third kappa shape index (κ3) is 3.73. The Labute approximate surface area is 219 Å². The summed E-state index contributed by atoms with van der Waals surface area (Å²) in [6.45, 7) is 0. The van der Waals surface area contributed by atoms with Crippen LogP contribution in [0.3, 0.4) is 0 Å². The van der Waals surface area contributed by atoms with Crippen LogP contribution in [-0.2, 0) is 9.13 Å². The lowest BCUT2D eigenvalue weighted by molar-refractivity contribution is 0.392. The van der Waals surface area contributed by atoms with Gasteiger partial charge in [0.05, 0.1) is 10.6 Å². The van der Waals surface area contributed by atoms with E-state index in [9.17, 15) is 9.13 Å². The molecule has 7 rings (SSSR count). The highest BCUT2D eigenvalue weighted by Crippen LogP contribution is 2.57. The van der Waals surface area contributed by atoms with Crippen molar-refractivity contribution >= 4 is 25.8 Å². The monoisotopic (exact) mass is 538 g/mol. The van der Waals surface area contributed by atoms with Crippen LogP contribution in [0.15, 0.2) is 121 Å². The largest absolute Gasteiger partial charge is 0.463 e. The molecule has 2 aliphatic heterocycles. The van der Waals surface area contributed by atoms with E-state index in [0.29, 0.717) is 33.6 Å². The first kappa shape index (κ1) is 22.9. The smallest absolute Gasteiger partial charge is 0.413 e. The van der Waals surface area contributed by atoms with Gasteiger partial charge in [0.25, 0.3) is 0 Å². The Morgan fingerprint density at radius 1 is 0.421 bits per heavy atom. The number of rotatable bonds is 4. The minimum atomic E-state index is -3.72. The van der Waals surface area contributed by atoms with Crippen LogP contribution >= 0.6 is 15.2 Å². The summed E-state index contributed by atoms with van der Waals surface area (Å²) in [7, 11) is -7.44. The van der Waals surface area contributed by atoms with Crippen molar-refractivity contribution in [3.05, 3.63) is 121 Å². The van der Waals surface area contributed by atoms with E-state index in [1.165, 1.54) is 0 Å². The lowest BCUT2D eigenvalue weighted by Crippen LogP contribution is -2.21. The Balaban J connectivity index is 1.18. The van der Waals surface area contributed by atoms with Crippen LogP contribution in [0, 0.1) is 0 Å². The summed E-state index contributed by atoms with van der Waals surface area (Å²) in [5, 5.41) is 0.990. The van der Waals surface area contributed by atoms with E-state index in [0.717, 1.165) is 22.3 Å². The average molecular weight is 538 g/mol. The Morgan fingerprint density at radius 3 is 1.18 bits per heavy atom. The summed E-state index contributed by atoms with van der Waals surface area (Å²) in [6.07, 6.45) is 0. The maximum atomic E-state index is 14.0. The number of fused-ring (bicyclic) bond motifs is 6. The van der Waals surface area contributed by atoms with Gasteiger partial charge in [0.2, 0.25) is 0 Å². The summed E-state index contributed by atoms with van der Waals surface area (Å²) in [6, 6.07) is 36.0. The van der Waals surface area contributed by atoms with Crippen molar-refractivity contribution in [2.75, 3.05) is 0 Å². The predicted molar refractivity (Wildman–Crippen MR) is 147 cm³/mol. The highest BCUT2D eigenvalue weighted by molar-refractivity contribution is 7.63. The highest BCUT2D eigenvalue weighted by Gasteiger charge is 2.40. The Bertz CT molecular complexity index is 1670. The molecule has 0 aromatic heterocycles. The molecule has 2 atom stereocenters. The average Bonchev–Trinajstić information content (AvgIpc) is 2.94. The molecular weight excluding hydrogens is 518 g/mol. The van der Waals surface area contributed by atoms with Gasteiger partial charge in [-0.1, -0.05) is 72.8 Å². The van der Waals surface area contributed by atoms with Gasteiger partial charge < -0.3 is 18.1 Å². The van der Waals surface area contributed by atoms with E-state index in [2.05, 4.69) is 0 Å². The topological polar surface area (TPSA) is 71.1 Å². The van der Waals surface area contributed by atoms with Crippen molar-refractivity contribution in [3.8, 4) is 45.3 Å². The van der Waals surface area contributed by atoms with Crippen LogP contribution in [0.4, 0.5) is 0 Å². The third-order valence-corrected chi connectivity index (χ3v) is 10.2. The molecule has 0 N–H and O–H groups in total. The first-order valence-corrected chi connectivity index (χ1v) is 15.1. The minimum absolute atomic E-state index is 0.323. The van der Waals surface area contributed by atoms with Crippen molar-refractivity contribution < 1.29 is 27.2 Å². The van der Waals surface area contributed by atoms with Crippen LogP contribution in [0.5, 0.6) is 23.0 Å². The minimum Gasteiger partial charge on any atom is -0.413 e. The van der Waals surface area contributed by atoms with Crippen LogP contribution in [-0.4, -0.2) is 0 Å². The summed E-state index contributed by atoms with van der Waals surface area (Å²) in [5.74, 6) is 1.65. The SMILES string of the molecule is O=P1(Oc2ccc(OP3(=O)Oc4ccccc4-c4ccccc43)cc2)Oc2ccccc2-c2ccccc21. The molecule has 0 saturated carbocycles. The van der Waals surface area contributed by atoms with Crippen molar-refractivity contribution in [3.63, 3.8) is 0 Å². The summed E-state index contributed by atoms with van der Waals surface area (Å²) in [4.78, 5) is 0. The first-order chi connectivity index (χ1) is 18.5. The number of para-hydroxylation sites is 2. The molecule has 2 aliphatic rings. The zero-order valence-electron chi connectivity index (χ0n) is 19.9. The maximum Gasteiger partial charge on any atom is 0.463 e. The molecular formula is C30H20O6P2. The molecule has 0 radical (unpaired) electrons. The predicted octanol–water partition coefficient (Wildman–Crippen LogP) is 7.60. The molecule has 0 amide bonds. The second kappa shape index (κ2) is 8.66. The number of hydrogen-bond acceptors (Lipinski definition) is 6. The van der Waals surface area contributed by atoms with Gasteiger partial charge in [0.1, 0.15) is 23.0 Å². The molecule has 38 heavy (non-hydrogen) atoms. The molecule has 0 spiro atoms. The Kier molecular flexibility index (Phi) is 5.23. The van der Waals surface area contributed by atoms with Crippen LogP contribution in [0.25, 0.3) is 22.3 Å². The van der Waals surface area contributed by atoms with Crippen LogP contribution in [0.2, 0.25) is 0 Å². The van der Waals surface area contributed by atoms with Crippen LogP contribution in [0.1, 0.15) is 0 Å². The maximum absolute atomic E-state index is 14.0. The molecule has 0 saturated heterocycles. The van der Waals surface area contributed by atoms with Gasteiger partial charge in [-0.3, -0.25) is 0 Å². The van der Waals surface area contributed by atoms with Gasteiger partial charge in [0, 0.05) is 22.3 Å². The molecule has 5 aromatic carbocycles. The molecule has 0 bridgehead atoms. The van der Waals surface area contributed by atoms with Gasteiger partial charge in [-0.2, -0.15) is 0 Å². The Hall–Kier alpha value is -4.24. The van der Waals surface area contributed by atoms with Crippen molar-refractivity contribution in [1.82, 2.24) is 0 Å². The van der Waals surface area contributed by atoms with Gasteiger partial charge in [-0.05, 0) is 48.5 Å². The van der Waals surface area contributed by atoms with E-state index >= 15 is 0 Å². The lowest BCUT2D eigenvalue weighted by Gasteiger charge is -2.28. The fraction of sp³-hybridized carbons (Fsp3) is 0. The number of benzene rings is 5. The van der Waals surface area contributed by atoms with E-state index < -0.39 is 15.2 Å². The molecule has 5 aromatic rings. The van der Waals surface area contributed by atoms with Crippen molar-refractivity contribution in [1.29, 1.82) is 0 Å². The van der Waals surface area contributed by atoms with E-state index in [-0.39, 0.29) is 0 Å². The molecule has 0 aliphatic carbocycles. The zero-order chi connectivity index (χ0) is 25.7. The second-order valence-electron chi connectivity index (χ2n) is 8.86. The quantitative estimate of drug-likeness (QED) is 0.220. The highest BCUT2D eigenvalue weighted by atomic mass is 31.2. The summed E-state index contributed by atoms with van der Waals surface area (Å²) >= 11 is 0. The van der Waals surface area contributed by atoms with E-state index in [1.807, 2.05) is 60.7 Å². The summed E-state index contributed by atoms with van der Waals surface area (Å²) in [5.41, 5.74) is 3.34. The number of hydrogen-bond donors (Lipinski definition) is 0. The van der Waals surface area contributed by atoms with E-state index in [1.54, 1.807) is 60.7 Å². The fourth-order valence-electron chi connectivity index (χ4n) is 4.75. The van der Waals surface area contributed by atoms with Gasteiger partial charge >= 0.3 is 15.2 Å². The van der Waals surface area contributed by atoms with Gasteiger partial charge in [0.15, 0.2) is 0 Å². The standard InChI is InChI=1S/C30H20O6P2/c31-37(29-15-7-3-11-25(29)23-9-1-5-13-27(23)35-37)33-21-17-19-22(20-18-21)34-38(32)30-16-8-4-12-26(30)24-10-2-6-14-28(24)36-38/h1-20H. The zero-order valence-corrected chi connectivity index (χ0v) is 21.7. The molecule has 0 fully saturated rings. The second-order valence-corrected chi connectivity index (χ2v) is 12.5. The molecule has 6 nitrogen and oxygen atoms in total. The molecule has 8 heteroatoms. The summed E-state index contributed by atoms with van der Waals surface area (Å²) < 4.78 is 51.7. The third-order valence-electron chi connectivity index (χ3n) is 6.46. The van der Waals surface area contributed by atoms with E-state index in [4.69, 9.17) is 18.1 Å². The van der Waals surface area contributed by atoms with Gasteiger partial charge in [-0.25, -0.2) is 9.13 Å². The van der Waals surface area contributed by atoms with Crippen molar-refractivity contribution in [2.45, 2.75) is 0 Å². The van der Waals surface area contributed by atoms with Crippen LogP contribution < -0.4 is 28.7 Å². The van der Waals surface area contributed by atoms with Crippen molar-refractivity contribution in [2.24, 2.45) is 0 Å². The normalized spacial score (nSPS) is 20.4. The van der Waals surface area contributed by atoms with Gasteiger partial charge in [-0.15, -0.1) is 0 Å². The Morgan fingerprint density at radius 2 is 0.763 bits per heavy atom. The first-order valence-electron chi connectivity index (χ1n) is 12.0. The molecule has 186 valence electrons. The lowest BCUT2D eigenvalue weighted by atomic mass is 10.0. The molecule has 2 heterocycles. The fourth-order valence-corrected chi connectivity index (χ4v) is 8.37. The molecule has 2 unspecified atom stereocenters.